The number of carbonyl (C=O) groups is 1. The summed E-state index contributed by atoms with van der Waals surface area (Å²) < 4.78 is 41.8. The van der Waals surface area contributed by atoms with E-state index in [2.05, 4.69) is 9.72 Å². The molecular weight excluding hydrogens is 237 g/mol. The van der Waals surface area contributed by atoms with Gasteiger partial charge >= 0.3 is 12.1 Å². The van der Waals surface area contributed by atoms with Gasteiger partial charge in [-0.1, -0.05) is 0 Å². The fraction of sp³-hybridized carbons (Fsp3) is 0.200. The normalized spacial score (nSPS) is 11.8. The number of hydrogen-bond donors (Lipinski definition) is 0. The first-order chi connectivity index (χ1) is 7.88. The van der Waals surface area contributed by atoms with Crippen molar-refractivity contribution in [1.82, 2.24) is 9.55 Å². The van der Waals surface area contributed by atoms with Gasteiger partial charge in [-0.3, -0.25) is 0 Å². The Hall–Kier alpha value is -2.05. The van der Waals surface area contributed by atoms with Crippen LogP contribution in [0.25, 0.3) is 11.0 Å². The van der Waals surface area contributed by atoms with E-state index in [9.17, 15) is 18.0 Å². The molecule has 2 aromatic rings. The summed E-state index contributed by atoms with van der Waals surface area (Å²) >= 11 is 0. The van der Waals surface area contributed by atoms with Crippen LogP contribution in [0, 0.1) is 0 Å². The summed E-state index contributed by atoms with van der Waals surface area (Å²) in [5.41, 5.74) is 1.19. The maximum Gasteiger partial charge on any atom is 0.491 e. The van der Waals surface area contributed by atoms with Crippen LogP contribution in [0.3, 0.4) is 0 Å². The second-order valence-electron chi connectivity index (χ2n) is 3.39. The third kappa shape index (κ3) is 2.22. The molecule has 17 heavy (non-hydrogen) atoms. The van der Waals surface area contributed by atoms with Crippen LogP contribution in [0.2, 0.25) is 0 Å². The number of hydrogen-bond acceptors (Lipinski definition) is 3. The molecule has 1 aromatic carbocycles. The van der Waals surface area contributed by atoms with Crippen LogP contribution >= 0.6 is 0 Å². The Labute approximate surface area is 93.6 Å². The molecule has 0 amide bonds. The molecule has 1 heterocycles. The molecule has 0 spiro atoms. The van der Waals surface area contributed by atoms with Crippen LogP contribution in [0.15, 0.2) is 24.5 Å². The van der Waals surface area contributed by atoms with Crippen LogP contribution in [0.1, 0.15) is 0 Å². The molecule has 0 atom stereocenters. The number of fused-ring (bicyclic) bond motifs is 1. The number of esters is 1. The third-order valence-corrected chi connectivity index (χ3v) is 2.14. The van der Waals surface area contributed by atoms with Crippen molar-refractivity contribution in [1.29, 1.82) is 0 Å². The summed E-state index contributed by atoms with van der Waals surface area (Å²) in [6, 6.07) is 4.09. The van der Waals surface area contributed by atoms with Crippen LogP contribution < -0.4 is 4.74 Å². The fourth-order valence-corrected chi connectivity index (χ4v) is 1.34. The van der Waals surface area contributed by atoms with Gasteiger partial charge in [0, 0.05) is 13.1 Å². The van der Waals surface area contributed by atoms with E-state index in [-0.39, 0.29) is 5.75 Å². The first kappa shape index (κ1) is 11.4. The number of carbonyl (C=O) groups excluding carboxylic acids is 1. The Balaban J connectivity index is 2.29. The molecule has 0 radical (unpaired) electrons. The number of nitrogens with zero attached hydrogens (tertiary/aromatic N) is 2. The largest absolute Gasteiger partial charge is 0.491 e. The van der Waals surface area contributed by atoms with Gasteiger partial charge in [0.05, 0.1) is 17.4 Å². The Morgan fingerprint density at radius 1 is 1.41 bits per heavy atom. The molecule has 0 aliphatic rings. The lowest BCUT2D eigenvalue weighted by Crippen LogP contribution is -2.27. The Morgan fingerprint density at radius 2 is 2.12 bits per heavy atom. The lowest BCUT2D eigenvalue weighted by molar-refractivity contribution is -0.189. The molecule has 0 N–H and O–H groups in total. The smallest absolute Gasteiger partial charge is 0.420 e. The van der Waals surface area contributed by atoms with E-state index in [1.807, 2.05) is 0 Å². The summed E-state index contributed by atoms with van der Waals surface area (Å²) in [4.78, 5) is 14.5. The number of aryl methyl sites for hydroxylation is 1. The highest BCUT2D eigenvalue weighted by Gasteiger charge is 2.41. The molecule has 0 unspecified atom stereocenters. The monoisotopic (exact) mass is 244 g/mol. The molecule has 1 aromatic heterocycles. The van der Waals surface area contributed by atoms with Crippen molar-refractivity contribution >= 4 is 17.0 Å². The minimum atomic E-state index is -5.00. The maximum atomic E-state index is 12.0. The lowest BCUT2D eigenvalue weighted by Gasteiger charge is -2.06. The standard InChI is InChI=1S/C10H7F3N2O2/c1-15-5-14-7-4-6(2-3-8(7)15)17-9(16)10(11,12)13/h2-5H,1H3. The number of rotatable bonds is 1. The predicted octanol–water partition coefficient (Wildman–Crippen LogP) is 2.04. The molecular formula is C10H7F3N2O2. The van der Waals surface area contributed by atoms with Crippen molar-refractivity contribution in [2.24, 2.45) is 7.05 Å². The maximum absolute atomic E-state index is 12.0. The van der Waals surface area contributed by atoms with Crippen molar-refractivity contribution in [2.45, 2.75) is 6.18 Å². The highest BCUT2D eigenvalue weighted by Crippen LogP contribution is 2.23. The van der Waals surface area contributed by atoms with Gasteiger partial charge in [-0.25, -0.2) is 9.78 Å². The van der Waals surface area contributed by atoms with Crippen molar-refractivity contribution in [3.8, 4) is 5.75 Å². The Bertz CT molecular complexity index is 574. The highest BCUT2D eigenvalue weighted by molar-refractivity contribution is 5.81. The van der Waals surface area contributed by atoms with Crippen molar-refractivity contribution in [2.75, 3.05) is 0 Å². The quantitative estimate of drug-likeness (QED) is 0.569. The predicted molar refractivity (Wildman–Crippen MR) is 52.4 cm³/mol. The van der Waals surface area contributed by atoms with Gasteiger partial charge in [-0.05, 0) is 12.1 Å². The van der Waals surface area contributed by atoms with E-state index in [1.165, 1.54) is 24.5 Å². The minimum absolute atomic E-state index is 0.182. The SMILES string of the molecule is Cn1cnc2cc(OC(=O)C(F)(F)F)ccc21. The van der Waals surface area contributed by atoms with Crippen LogP contribution in [-0.4, -0.2) is 21.7 Å². The molecule has 90 valence electrons. The van der Waals surface area contributed by atoms with Gasteiger partial charge < -0.3 is 9.30 Å². The minimum Gasteiger partial charge on any atom is -0.420 e. The molecule has 7 heteroatoms. The van der Waals surface area contributed by atoms with Gasteiger partial charge in [0.2, 0.25) is 0 Å². The van der Waals surface area contributed by atoms with E-state index < -0.39 is 12.1 Å². The fourth-order valence-electron chi connectivity index (χ4n) is 1.34. The van der Waals surface area contributed by atoms with E-state index in [4.69, 9.17) is 0 Å². The number of aromatic nitrogens is 2. The number of halogens is 3. The van der Waals surface area contributed by atoms with E-state index >= 15 is 0 Å². The Kier molecular flexibility index (Phi) is 2.53. The zero-order chi connectivity index (χ0) is 12.6. The van der Waals surface area contributed by atoms with Crippen molar-refractivity contribution in [3.63, 3.8) is 0 Å². The van der Waals surface area contributed by atoms with E-state index in [0.717, 1.165) is 5.52 Å². The van der Waals surface area contributed by atoms with E-state index in [0.29, 0.717) is 5.52 Å². The zero-order valence-corrected chi connectivity index (χ0v) is 8.65. The number of imidazole rings is 1. The summed E-state index contributed by atoms with van der Waals surface area (Å²) in [5, 5.41) is 0. The second-order valence-corrected chi connectivity index (χ2v) is 3.39. The van der Waals surface area contributed by atoms with Crippen LogP contribution in [0.4, 0.5) is 13.2 Å². The molecule has 4 nitrogen and oxygen atoms in total. The molecule has 0 aliphatic heterocycles. The van der Waals surface area contributed by atoms with Crippen molar-refractivity contribution in [3.05, 3.63) is 24.5 Å². The summed E-state index contributed by atoms with van der Waals surface area (Å²) in [7, 11) is 1.75. The summed E-state index contributed by atoms with van der Waals surface area (Å²) in [6.07, 6.45) is -3.49. The molecule has 0 saturated heterocycles. The van der Waals surface area contributed by atoms with Gasteiger partial charge in [-0.2, -0.15) is 13.2 Å². The van der Waals surface area contributed by atoms with Crippen molar-refractivity contribution < 1.29 is 22.7 Å². The van der Waals surface area contributed by atoms with Crippen LogP contribution in [0.5, 0.6) is 5.75 Å². The number of alkyl halides is 3. The van der Waals surface area contributed by atoms with Crippen LogP contribution in [-0.2, 0) is 11.8 Å². The average Bonchev–Trinajstić information content (AvgIpc) is 2.59. The van der Waals surface area contributed by atoms with E-state index in [1.54, 1.807) is 11.6 Å². The zero-order valence-electron chi connectivity index (χ0n) is 8.65. The Morgan fingerprint density at radius 3 is 2.76 bits per heavy atom. The number of ether oxygens (including phenoxy) is 1. The van der Waals surface area contributed by atoms with Gasteiger partial charge in [0.1, 0.15) is 5.75 Å². The topological polar surface area (TPSA) is 44.1 Å². The first-order valence-corrected chi connectivity index (χ1v) is 4.58. The first-order valence-electron chi connectivity index (χ1n) is 4.58. The molecule has 0 fully saturated rings. The third-order valence-electron chi connectivity index (χ3n) is 2.14. The highest BCUT2D eigenvalue weighted by atomic mass is 19.4. The van der Waals surface area contributed by atoms with Gasteiger partial charge in [-0.15, -0.1) is 0 Å². The number of benzene rings is 1. The van der Waals surface area contributed by atoms with Gasteiger partial charge in [0.25, 0.3) is 0 Å². The molecule has 0 aliphatic carbocycles. The summed E-state index contributed by atoms with van der Waals surface area (Å²) in [6.45, 7) is 0. The molecule has 0 bridgehead atoms. The molecule has 0 saturated carbocycles. The average molecular weight is 244 g/mol. The van der Waals surface area contributed by atoms with Gasteiger partial charge in [0.15, 0.2) is 0 Å². The molecule has 2 rings (SSSR count). The second kappa shape index (κ2) is 3.76. The lowest BCUT2D eigenvalue weighted by atomic mass is 10.3. The summed E-state index contributed by atoms with van der Waals surface area (Å²) in [5.74, 6) is -2.42.